The van der Waals surface area contributed by atoms with E-state index in [0.717, 1.165) is 21.7 Å². The first-order valence-corrected chi connectivity index (χ1v) is 5.92. The van der Waals surface area contributed by atoms with E-state index in [-0.39, 0.29) is 0 Å². The average molecular weight is 280 g/mol. The number of aromatic nitrogens is 2. The van der Waals surface area contributed by atoms with Gasteiger partial charge >= 0.3 is 0 Å². The highest BCUT2D eigenvalue weighted by Gasteiger charge is 2.05. The van der Waals surface area contributed by atoms with Gasteiger partial charge in [0.05, 0.1) is 5.69 Å². The summed E-state index contributed by atoms with van der Waals surface area (Å²) in [5, 5.41) is 0. The van der Waals surface area contributed by atoms with Crippen LogP contribution in [-0.4, -0.2) is 9.55 Å². The van der Waals surface area contributed by atoms with Crippen LogP contribution in [0.15, 0.2) is 28.9 Å². The third-order valence-corrected chi connectivity index (χ3v) is 3.45. The molecule has 3 nitrogen and oxygen atoms in total. The molecule has 0 saturated carbocycles. The lowest BCUT2D eigenvalue weighted by molar-refractivity contribution is 0.966. The average Bonchev–Trinajstić information content (AvgIpc) is 2.64. The monoisotopic (exact) mass is 279 g/mol. The maximum atomic E-state index is 5.58. The minimum Gasteiger partial charge on any atom is -0.325 e. The molecule has 84 valence electrons. The van der Waals surface area contributed by atoms with Crippen molar-refractivity contribution in [3.8, 4) is 5.69 Å². The molecule has 0 aliphatic carbocycles. The van der Waals surface area contributed by atoms with Crippen molar-refractivity contribution in [2.75, 3.05) is 0 Å². The summed E-state index contributed by atoms with van der Waals surface area (Å²) in [7, 11) is 0. The number of hydrogen-bond donors (Lipinski definition) is 1. The summed E-state index contributed by atoms with van der Waals surface area (Å²) in [4.78, 5) is 4.38. The maximum Gasteiger partial charge on any atom is 0.110 e. The Morgan fingerprint density at radius 3 is 2.69 bits per heavy atom. The standard InChI is InChI=1S/C12H14BrN3/c1-8-5-11(3-4-12(8)13)16-7-10(6-14)15-9(16)2/h3-5,7H,6,14H2,1-2H3. The largest absolute Gasteiger partial charge is 0.325 e. The highest BCUT2D eigenvalue weighted by Crippen LogP contribution is 2.20. The summed E-state index contributed by atoms with van der Waals surface area (Å²) in [6.45, 7) is 4.53. The molecule has 0 atom stereocenters. The SMILES string of the molecule is Cc1cc(-n2cc(CN)nc2C)ccc1Br. The van der Waals surface area contributed by atoms with Crippen LogP contribution in [0.2, 0.25) is 0 Å². The number of imidazole rings is 1. The fourth-order valence-electron chi connectivity index (χ4n) is 1.67. The van der Waals surface area contributed by atoms with Gasteiger partial charge in [-0.25, -0.2) is 4.98 Å². The minimum absolute atomic E-state index is 0.476. The van der Waals surface area contributed by atoms with Gasteiger partial charge in [0.15, 0.2) is 0 Å². The van der Waals surface area contributed by atoms with Gasteiger partial charge in [0, 0.05) is 22.9 Å². The van der Waals surface area contributed by atoms with E-state index in [9.17, 15) is 0 Å². The van der Waals surface area contributed by atoms with Gasteiger partial charge in [-0.1, -0.05) is 15.9 Å². The Morgan fingerprint density at radius 2 is 2.12 bits per heavy atom. The Labute approximate surface area is 103 Å². The highest BCUT2D eigenvalue weighted by molar-refractivity contribution is 9.10. The van der Waals surface area contributed by atoms with Crippen LogP contribution in [0.1, 0.15) is 17.1 Å². The first kappa shape index (κ1) is 11.4. The zero-order valence-corrected chi connectivity index (χ0v) is 11.0. The summed E-state index contributed by atoms with van der Waals surface area (Å²) < 4.78 is 3.18. The highest BCUT2D eigenvalue weighted by atomic mass is 79.9. The second-order valence-corrected chi connectivity index (χ2v) is 4.64. The summed E-state index contributed by atoms with van der Waals surface area (Å²) in [5.74, 6) is 0.960. The molecular formula is C12H14BrN3. The number of halogens is 1. The second-order valence-electron chi connectivity index (χ2n) is 3.79. The Kier molecular flexibility index (Phi) is 3.12. The lowest BCUT2D eigenvalue weighted by Crippen LogP contribution is -1.96. The van der Waals surface area contributed by atoms with E-state index >= 15 is 0 Å². The van der Waals surface area contributed by atoms with E-state index in [2.05, 4.69) is 44.5 Å². The zero-order valence-electron chi connectivity index (χ0n) is 9.37. The predicted molar refractivity (Wildman–Crippen MR) is 68.6 cm³/mol. The van der Waals surface area contributed by atoms with Crippen molar-refractivity contribution in [1.29, 1.82) is 0 Å². The van der Waals surface area contributed by atoms with E-state index in [1.54, 1.807) is 0 Å². The zero-order chi connectivity index (χ0) is 11.7. The van der Waals surface area contributed by atoms with Crippen LogP contribution in [0.25, 0.3) is 5.69 Å². The molecule has 0 spiro atoms. The molecule has 0 saturated heterocycles. The van der Waals surface area contributed by atoms with E-state index in [1.165, 1.54) is 5.56 Å². The van der Waals surface area contributed by atoms with Gasteiger partial charge in [0.25, 0.3) is 0 Å². The quantitative estimate of drug-likeness (QED) is 0.919. The molecule has 2 aromatic rings. The van der Waals surface area contributed by atoms with Crippen molar-refractivity contribution in [3.05, 3.63) is 46.0 Å². The third-order valence-electron chi connectivity index (χ3n) is 2.56. The van der Waals surface area contributed by atoms with Gasteiger partial charge in [-0.05, 0) is 37.6 Å². The molecule has 16 heavy (non-hydrogen) atoms. The van der Waals surface area contributed by atoms with E-state index in [4.69, 9.17) is 5.73 Å². The molecule has 4 heteroatoms. The molecule has 2 N–H and O–H groups in total. The first-order chi connectivity index (χ1) is 7.61. The van der Waals surface area contributed by atoms with Crippen LogP contribution < -0.4 is 5.73 Å². The van der Waals surface area contributed by atoms with E-state index in [1.807, 2.05) is 19.2 Å². The Morgan fingerprint density at radius 1 is 1.38 bits per heavy atom. The Balaban J connectivity index is 2.49. The van der Waals surface area contributed by atoms with Crippen molar-refractivity contribution in [1.82, 2.24) is 9.55 Å². The van der Waals surface area contributed by atoms with Gasteiger partial charge in [-0.3, -0.25) is 0 Å². The van der Waals surface area contributed by atoms with Crippen molar-refractivity contribution in [2.45, 2.75) is 20.4 Å². The third kappa shape index (κ3) is 2.03. The number of nitrogens with zero attached hydrogens (tertiary/aromatic N) is 2. The number of rotatable bonds is 2. The fourth-order valence-corrected chi connectivity index (χ4v) is 1.92. The molecule has 1 heterocycles. The predicted octanol–water partition coefficient (Wildman–Crippen LogP) is 2.71. The molecule has 0 radical (unpaired) electrons. The summed E-state index contributed by atoms with van der Waals surface area (Å²) in [6.07, 6.45) is 1.98. The lowest BCUT2D eigenvalue weighted by atomic mass is 10.2. The van der Waals surface area contributed by atoms with Crippen molar-refractivity contribution < 1.29 is 0 Å². The number of aryl methyl sites for hydroxylation is 2. The molecule has 1 aromatic heterocycles. The molecule has 0 aliphatic heterocycles. The lowest BCUT2D eigenvalue weighted by Gasteiger charge is -2.06. The van der Waals surface area contributed by atoms with E-state index in [0.29, 0.717) is 6.54 Å². The summed E-state index contributed by atoms with van der Waals surface area (Å²) in [6, 6.07) is 6.23. The van der Waals surface area contributed by atoms with Crippen molar-refractivity contribution >= 4 is 15.9 Å². The van der Waals surface area contributed by atoms with Gasteiger partial charge < -0.3 is 10.3 Å². The molecule has 1 aromatic carbocycles. The first-order valence-electron chi connectivity index (χ1n) is 5.13. The van der Waals surface area contributed by atoms with Crippen LogP contribution in [-0.2, 0) is 6.54 Å². The van der Waals surface area contributed by atoms with Gasteiger partial charge in [-0.15, -0.1) is 0 Å². The van der Waals surface area contributed by atoms with Gasteiger partial charge in [-0.2, -0.15) is 0 Å². The molecule has 0 bridgehead atoms. The van der Waals surface area contributed by atoms with Crippen LogP contribution in [0.4, 0.5) is 0 Å². The molecular weight excluding hydrogens is 266 g/mol. The van der Waals surface area contributed by atoms with Crippen LogP contribution in [0.5, 0.6) is 0 Å². The number of nitrogens with two attached hydrogens (primary N) is 1. The molecule has 0 amide bonds. The normalized spacial score (nSPS) is 10.8. The Bertz CT molecular complexity index is 517. The van der Waals surface area contributed by atoms with Crippen molar-refractivity contribution in [2.24, 2.45) is 5.73 Å². The second kappa shape index (κ2) is 4.39. The van der Waals surface area contributed by atoms with Gasteiger partial charge in [0.2, 0.25) is 0 Å². The molecule has 0 fully saturated rings. The topological polar surface area (TPSA) is 43.8 Å². The number of hydrogen-bond acceptors (Lipinski definition) is 2. The van der Waals surface area contributed by atoms with Crippen LogP contribution in [0.3, 0.4) is 0 Å². The molecule has 0 unspecified atom stereocenters. The number of benzene rings is 1. The minimum atomic E-state index is 0.476. The molecule has 0 aliphatic rings. The summed E-state index contributed by atoms with van der Waals surface area (Å²) >= 11 is 3.49. The van der Waals surface area contributed by atoms with Crippen molar-refractivity contribution in [3.63, 3.8) is 0 Å². The summed E-state index contributed by atoms with van der Waals surface area (Å²) in [5.41, 5.74) is 8.82. The van der Waals surface area contributed by atoms with Crippen LogP contribution >= 0.6 is 15.9 Å². The van der Waals surface area contributed by atoms with Gasteiger partial charge in [0.1, 0.15) is 5.82 Å². The molecule has 2 rings (SSSR count). The smallest absolute Gasteiger partial charge is 0.110 e. The van der Waals surface area contributed by atoms with Crippen LogP contribution in [0, 0.1) is 13.8 Å². The maximum absolute atomic E-state index is 5.58. The van der Waals surface area contributed by atoms with E-state index < -0.39 is 0 Å². The Hall–Kier alpha value is -1.13. The fraction of sp³-hybridized carbons (Fsp3) is 0.250.